The molecule has 0 aliphatic heterocycles. The van der Waals surface area contributed by atoms with E-state index >= 15 is 0 Å². The number of hydrogen-bond donors (Lipinski definition) is 0. The molecule has 2 rings (SSSR count). The van der Waals surface area contributed by atoms with Crippen LogP contribution in [0.5, 0.6) is 5.75 Å². The van der Waals surface area contributed by atoms with Crippen LogP contribution < -0.4 is 4.74 Å². The van der Waals surface area contributed by atoms with Gasteiger partial charge in [-0.05, 0) is 18.2 Å². The number of carbonyl (C=O) groups is 3. The Labute approximate surface area is 127 Å². The van der Waals surface area contributed by atoms with Gasteiger partial charge in [0.05, 0.1) is 20.8 Å². The molecule has 0 aliphatic carbocycles. The van der Waals surface area contributed by atoms with Crippen LogP contribution in [-0.2, 0) is 11.3 Å². The van der Waals surface area contributed by atoms with Crippen LogP contribution in [0.15, 0.2) is 36.5 Å². The quantitative estimate of drug-likeness (QED) is 0.463. The molecule has 0 aliphatic rings. The predicted molar refractivity (Wildman–Crippen MR) is 78.5 cm³/mol. The van der Waals surface area contributed by atoms with Gasteiger partial charge >= 0.3 is 5.97 Å². The number of methoxy groups -OCH3 is 2. The van der Waals surface area contributed by atoms with Gasteiger partial charge in [-0.3, -0.25) is 9.59 Å². The maximum Gasteiger partial charge on any atom is 0.354 e. The van der Waals surface area contributed by atoms with Crippen molar-refractivity contribution < 1.29 is 23.9 Å². The standard InChI is InChI=1S/C16H15NO5/c1-21-13-5-3-4-12(7-13)15(19)9-17-8-11(10-18)6-14(17)16(20)22-2/h3-8,10H,9H2,1-2H3. The number of esters is 1. The first kappa shape index (κ1) is 15.5. The number of ether oxygens (including phenoxy) is 2. The zero-order chi connectivity index (χ0) is 16.1. The molecular weight excluding hydrogens is 286 g/mol. The summed E-state index contributed by atoms with van der Waals surface area (Å²) >= 11 is 0. The summed E-state index contributed by atoms with van der Waals surface area (Å²) in [5.74, 6) is -0.247. The highest BCUT2D eigenvalue weighted by atomic mass is 16.5. The first-order valence-electron chi connectivity index (χ1n) is 6.50. The minimum absolute atomic E-state index is 0.0779. The molecule has 0 saturated carbocycles. The normalized spacial score (nSPS) is 10.1. The number of ketones is 1. The lowest BCUT2D eigenvalue weighted by atomic mass is 10.1. The van der Waals surface area contributed by atoms with Crippen LogP contribution >= 0.6 is 0 Å². The predicted octanol–water partition coefficient (Wildman–Crippen LogP) is 1.98. The Morgan fingerprint density at radius 1 is 1.23 bits per heavy atom. The van der Waals surface area contributed by atoms with Gasteiger partial charge in [0.25, 0.3) is 0 Å². The van der Waals surface area contributed by atoms with Crippen molar-refractivity contribution in [1.82, 2.24) is 4.57 Å². The third kappa shape index (κ3) is 3.22. The first-order chi connectivity index (χ1) is 10.6. The van der Waals surface area contributed by atoms with E-state index in [1.54, 1.807) is 24.3 Å². The maximum atomic E-state index is 12.3. The molecule has 1 aromatic carbocycles. The van der Waals surface area contributed by atoms with Gasteiger partial charge in [-0.15, -0.1) is 0 Å². The molecule has 6 nitrogen and oxygen atoms in total. The molecule has 1 heterocycles. The number of benzene rings is 1. The number of Topliss-reactive ketones (excluding diaryl/α,β-unsaturated/α-hetero) is 1. The van der Waals surface area contributed by atoms with Gasteiger partial charge in [0.15, 0.2) is 12.1 Å². The summed E-state index contributed by atoms with van der Waals surface area (Å²) in [6, 6.07) is 8.10. The first-order valence-corrected chi connectivity index (χ1v) is 6.50. The van der Waals surface area contributed by atoms with Crippen LogP contribution in [0.2, 0.25) is 0 Å². The molecule has 0 fully saturated rings. The van der Waals surface area contributed by atoms with E-state index in [4.69, 9.17) is 4.74 Å². The molecule has 0 spiro atoms. The van der Waals surface area contributed by atoms with Crippen molar-refractivity contribution in [2.45, 2.75) is 6.54 Å². The van der Waals surface area contributed by atoms with E-state index < -0.39 is 5.97 Å². The number of rotatable bonds is 6. The lowest BCUT2D eigenvalue weighted by Crippen LogP contribution is -2.15. The zero-order valence-corrected chi connectivity index (χ0v) is 12.2. The van der Waals surface area contributed by atoms with Crippen molar-refractivity contribution in [3.8, 4) is 5.75 Å². The van der Waals surface area contributed by atoms with Crippen molar-refractivity contribution in [2.75, 3.05) is 14.2 Å². The highest BCUT2D eigenvalue weighted by Crippen LogP contribution is 2.15. The Bertz CT molecular complexity index is 717. The van der Waals surface area contributed by atoms with Crippen molar-refractivity contribution in [3.05, 3.63) is 53.3 Å². The van der Waals surface area contributed by atoms with Crippen molar-refractivity contribution in [2.24, 2.45) is 0 Å². The summed E-state index contributed by atoms with van der Waals surface area (Å²) in [6.45, 7) is -0.0779. The Hall–Kier alpha value is -2.89. The molecule has 114 valence electrons. The van der Waals surface area contributed by atoms with Crippen molar-refractivity contribution >= 4 is 18.0 Å². The minimum atomic E-state index is -0.605. The molecular formula is C16H15NO5. The van der Waals surface area contributed by atoms with E-state index in [1.807, 2.05) is 0 Å². The molecule has 0 atom stereocenters. The SMILES string of the molecule is COC(=O)c1cc(C=O)cn1CC(=O)c1cccc(OC)c1. The number of nitrogens with zero attached hydrogens (tertiary/aromatic N) is 1. The number of aldehydes is 1. The van der Waals surface area contributed by atoms with Crippen LogP contribution in [0.3, 0.4) is 0 Å². The summed E-state index contributed by atoms with van der Waals surface area (Å²) in [4.78, 5) is 34.9. The second kappa shape index (κ2) is 6.71. The van der Waals surface area contributed by atoms with Gasteiger partial charge in [0.2, 0.25) is 0 Å². The third-order valence-corrected chi connectivity index (χ3v) is 3.15. The lowest BCUT2D eigenvalue weighted by Gasteiger charge is -2.08. The fraction of sp³-hybridized carbons (Fsp3) is 0.188. The highest BCUT2D eigenvalue weighted by Gasteiger charge is 2.17. The number of aromatic nitrogens is 1. The van der Waals surface area contributed by atoms with Crippen molar-refractivity contribution in [3.63, 3.8) is 0 Å². The van der Waals surface area contributed by atoms with Crippen LogP contribution in [0.25, 0.3) is 0 Å². The average Bonchev–Trinajstić information content (AvgIpc) is 2.97. The van der Waals surface area contributed by atoms with Crippen LogP contribution in [0.4, 0.5) is 0 Å². The molecule has 22 heavy (non-hydrogen) atoms. The second-order valence-electron chi connectivity index (χ2n) is 4.55. The topological polar surface area (TPSA) is 74.6 Å². The van der Waals surface area contributed by atoms with E-state index in [2.05, 4.69) is 4.74 Å². The maximum absolute atomic E-state index is 12.3. The summed E-state index contributed by atoms with van der Waals surface area (Å²) in [5.41, 5.74) is 0.913. The third-order valence-electron chi connectivity index (χ3n) is 3.15. The van der Waals surface area contributed by atoms with Gasteiger partial charge in [-0.25, -0.2) is 4.79 Å². The lowest BCUT2D eigenvalue weighted by molar-refractivity contribution is 0.0588. The smallest absolute Gasteiger partial charge is 0.354 e. The molecule has 0 unspecified atom stereocenters. The highest BCUT2D eigenvalue weighted by molar-refractivity contribution is 5.97. The summed E-state index contributed by atoms with van der Waals surface area (Å²) in [5, 5.41) is 0. The molecule has 6 heteroatoms. The molecule has 1 aromatic heterocycles. The molecule has 2 aromatic rings. The zero-order valence-electron chi connectivity index (χ0n) is 12.2. The average molecular weight is 301 g/mol. The summed E-state index contributed by atoms with van der Waals surface area (Å²) < 4.78 is 11.1. The molecule has 0 amide bonds. The van der Waals surface area contributed by atoms with Crippen LogP contribution in [-0.4, -0.2) is 36.8 Å². The van der Waals surface area contributed by atoms with Gasteiger partial charge in [-0.2, -0.15) is 0 Å². The summed E-state index contributed by atoms with van der Waals surface area (Å²) in [6.07, 6.45) is 2.05. The Morgan fingerprint density at radius 2 is 2.00 bits per heavy atom. The molecule has 0 bridgehead atoms. The van der Waals surface area contributed by atoms with Gasteiger partial charge in [0.1, 0.15) is 11.4 Å². The fourth-order valence-electron chi connectivity index (χ4n) is 2.05. The van der Waals surface area contributed by atoms with Gasteiger partial charge in [0, 0.05) is 17.3 Å². The van der Waals surface area contributed by atoms with Gasteiger partial charge < -0.3 is 14.0 Å². The Morgan fingerprint density at radius 3 is 2.64 bits per heavy atom. The Kier molecular flexibility index (Phi) is 4.73. The van der Waals surface area contributed by atoms with Gasteiger partial charge in [-0.1, -0.05) is 12.1 Å². The van der Waals surface area contributed by atoms with Crippen LogP contribution in [0.1, 0.15) is 31.2 Å². The van der Waals surface area contributed by atoms with E-state index in [9.17, 15) is 14.4 Å². The van der Waals surface area contributed by atoms with E-state index in [0.29, 0.717) is 23.2 Å². The largest absolute Gasteiger partial charge is 0.497 e. The molecule has 0 saturated heterocycles. The Balaban J connectivity index is 2.29. The van der Waals surface area contributed by atoms with Crippen LogP contribution in [0, 0.1) is 0 Å². The summed E-state index contributed by atoms with van der Waals surface area (Å²) in [7, 11) is 2.76. The van der Waals surface area contributed by atoms with E-state index in [-0.39, 0.29) is 18.0 Å². The molecule has 0 radical (unpaired) electrons. The van der Waals surface area contributed by atoms with E-state index in [0.717, 1.165) is 0 Å². The van der Waals surface area contributed by atoms with Crippen molar-refractivity contribution in [1.29, 1.82) is 0 Å². The minimum Gasteiger partial charge on any atom is -0.497 e. The number of hydrogen-bond acceptors (Lipinski definition) is 5. The fourth-order valence-corrected chi connectivity index (χ4v) is 2.05. The molecule has 0 N–H and O–H groups in total. The monoisotopic (exact) mass is 301 g/mol. The second-order valence-corrected chi connectivity index (χ2v) is 4.55. The van der Waals surface area contributed by atoms with E-state index in [1.165, 1.54) is 31.0 Å². The number of carbonyl (C=O) groups excluding carboxylic acids is 3.